The molecule has 0 bridgehead atoms. The lowest BCUT2D eigenvalue weighted by Crippen LogP contribution is -2.44. The lowest BCUT2D eigenvalue weighted by Gasteiger charge is -2.36. The van der Waals surface area contributed by atoms with Crippen LogP contribution in [0.25, 0.3) is 0 Å². The van der Waals surface area contributed by atoms with E-state index >= 15 is 0 Å². The summed E-state index contributed by atoms with van der Waals surface area (Å²) >= 11 is 1.68. The summed E-state index contributed by atoms with van der Waals surface area (Å²) in [5.74, 6) is 0.235. The molecule has 1 amide bonds. The molecule has 1 aliphatic heterocycles. The zero-order valence-electron chi connectivity index (χ0n) is 12.9. The van der Waals surface area contributed by atoms with E-state index in [4.69, 9.17) is 0 Å². The van der Waals surface area contributed by atoms with E-state index in [1.165, 1.54) is 6.42 Å². The summed E-state index contributed by atoms with van der Waals surface area (Å²) in [7, 11) is 2.01. The Kier molecular flexibility index (Phi) is 5.16. The summed E-state index contributed by atoms with van der Waals surface area (Å²) in [6.07, 6.45) is 3.34. The standard InChI is InChI=1S/C15H25N3OS/c1-11(2)17(4)9-14(19)18-8-6-5-7-13(18)15-16-12(3)10-20-15/h10-11,13H,5-9H2,1-4H3/t13-/m1/s1. The molecule has 0 aromatic carbocycles. The lowest BCUT2D eigenvalue weighted by molar-refractivity contribution is -0.136. The highest BCUT2D eigenvalue weighted by Crippen LogP contribution is 2.32. The van der Waals surface area contributed by atoms with Crippen molar-refractivity contribution in [3.05, 3.63) is 16.1 Å². The number of amides is 1. The van der Waals surface area contributed by atoms with Crippen molar-refractivity contribution in [1.29, 1.82) is 0 Å². The van der Waals surface area contributed by atoms with E-state index in [1.807, 2.05) is 18.9 Å². The number of piperidine rings is 1. The first kappa shape index (κ1) is 15.4. The number of rotatable bonds is 4. The number of carbonyl (C=O) groups excluding carboxylic acids is 1. The van der Waals surface area contributed by atoms with Crippen LogP contribution < -0.4 is 0 Å². The van der Waals surface area contributed by atoms with Gasteiger partial charge in [-0.1, -0.05) is 0 Å². The molecule has 1 aromatic rings. The zero-order valence-corrected chi connectivity index (χ0v) is 13.7. The number of aromatic nitrogens is 1. The van der Waals surface area contributed by atoms with Gasteiger partial charge in [0.15, 0.2) is 0 Å². The van der Waals surface area contributed by atoms with E-state index in [-0.39, 0.29) is 11.9 Å². The van der Waals surface area contributed by atoms with Crippen molar-refractivity contribution in [3.8, 4) is 0 Å². The van der Waals surface area contributed by atoms with Gasteiger partial charge in [-0.05, 0) is 47.1 Å². The molecular formula is C15H25N3OS. The van der Waals surface area contributed by atoms with Crippen molar-refractivity contribution >= 4 is 17.2 Å². The number of nitrogens with zero attached hydrogens (tertiary/aromatic N) is 3. The van der Waals surface area contributed by atoms with Gasteiger partial charge in [0.05, 0.1) is 12.6 Å². The quantitative estimate of drug-likeness (QED) is 0.857. The summed E-state index contributed by atoms with van der Waals surface area (Å²) in [4.78, 5) is 21.3. The molecule has 1 saturated heterocycles. The second kappa shape index (κ2) is 6.68. The van der Waals surface area contributed by atoms with Crippen LogP contribution in [0.15, 0.2) is 5.38 Å². The first-order valence-corrected chi connectivity index (χ1v) is 8.28. The molecule has 5 heteroatoms. The topological polar surface area (TPSA) is 36.4 Å². The molecule has 0 spiro atoms. The van der Waals surface area contributed by atoms with Crippen molar-refractivity contribution in [3.63, 3.8) is 0 Å². The highest BCUT2D eigenvalue weighted by Gasteiger charge is 2.30. The van der Waals surface area contributed by atoms with Gasteiger partial charge in [-0.3, -0.25) is 9.69 Å². The fourth-order valence-corrected chi connectivity index (χ4v) is 3.44. The molecule has 0 aliphatic carbocycles. The van der Waals surface area contributed by atoms with Gasteiger partial charge < -0.3 is 4.90 Å². The summed E-state index contributed by atoms with van der Waals surface area (Å²) in [6.45, 7) is 7.62. The van der Waals surface area contributed by atoms with Crippen LogP contribution in [0.1, 0.15) is 49.9 Å². The summed E-state index contributed by atoms with van der Waals surface area (Å²) in [6, 6.07) is 0.583. The van der Waals surface area contributed by atoms with Crippen LogP contribution in [0.4, 0.5) is 0 Å². The summed E-state index contributed by atoms with van der Waals surface area (Å²) in [5.41, 5.74) is 1.06. The molecule has 112 valence electrons. The Balaban J connectivity index is 2.08. The van der Waals surface area contributed by atoms with Gasteiger partial charge in [0.1, 0.15) is 5.01 Å². The Morgan fingerprint density at radius 1 is 1.55 bits per heavy atom. The molecule has 4 nitrogen and oxygen atoms in total. The summed E-state index contributed by atoms with van der Waals surface area (Å²) in [5, 5.41) is 3.18. The van der Waals surface area contributed by atoms with Crippen molar-refractivity contribution < 1.29 is 4.79 Å². The van der Waals surface area contributed by atoms with Gasteiger partial charge in [-0.15, -0.1) is 11.3 Å². The lowest BCUT2D eigenvalue weighted by atomic mass is 10.0. The molecule has 1 fully saturated rings. The summed E-state index contributed by atoms with van der Waals surface area (Å²) < 4.78 is 0. The van der Waals surface area contributed by atoms with Crippen LogP contribution >= 0.6 is 11.3 Å². The largest absolute Gasteiger partial charge is 0.332 e. The number of thiazole rings is 1. The molecule has 1 aliphatic rings. The van der Waals surface area contributed by atoms with Gasteiger partial charge in [0.25, 0.3) is 0 Å². The van der Waals surface area contributed by atoms with Crippen molar-refractivity contribution in [2.45, 2.75) is 52.1 Å². The van der Waals surface area contributed by atoms with Crippen LogP contribution in [-0.2, 0) is 4.79 Å². The smallest absolute Gasteiger partial charge is 0.237 e. The molecule has 2 rings (SSSR count). The Bertz CT molecular complexity index is 458. The number of hydrogen-bond donors (Lipinski definition) is 0. The van der Waals surface area contributed by atoms with Gasteiger partial charge in [-0.25, -0.2) is 4.98 Å². The third-order valence-electron chi connectivity index (χ3n) is 4.01. The second-order valence-electron chi connectivity index (χ2n) is 5.93. The fraction of sp³-hybridized carbons (Fsp3) is 0.733. The van der Waals surface area contributed by atoms with Crippen LogP contribution in [0, 0.1) is 6.92 Å². The third kappa shape index (κ3) is 3.58. The highest BCUT2D eigenvalue weighted by atomic mass is 32.1. The maximum absolute atomic E-state index is 12.6. The van der Waals surface area contributed by atoms with E-state index < -0.39 is 0 Å². The first-order chi connectivity index (χ1) is 9.49. The first-order valence-electron chi connectivity index (χ1n) is 7.40. The molecule has 1 atom stereocenters. The van der Waals surface area contributed by atoms with Gasteiger partial charge in [0, 0.05) is 23.7 Å². The van der Waals surface area contributed by atoms with Gasteiger partial charge in [0.2, 0.25) is 5.91 Å². The maximum atomic E-state index is 12.6. The molecule has 0 saturated carbocycles. The molecule has 0 radical (unpaired) electrons. The minimum Gasteiger partial charge on any atom is -0.332 e. The number of likely N-dealkylation sites (N-methyl/N-ethyl adjacent to an activating group) is 1. The Morgan fingerprint density at radius 3 is 2.90 bits per heavy atom. The van der Waals surface area contributed by atoms with Gasteiger partial charge in [-0.2, -0.15) is 0 Å². The number of aryl methyl sites for hydroxylation is 1. The fourth-order valence-electron chi connectivity index (χ4n) is 2.50. The average molecular weight is 295 g/mol. The Labute approximate surface area is 125 Å². The predicted octanol–water partition coefficient (Wildman–Crippen LogP) is 2.85. The van der Waals surface area contributed by atoms with Crippen molar-refractivity contribution in [2.24, 2.45) is 0 Å². The number of hydrogen-bond acceptors (Lipinski definition) is 4. The van der Waals surface area contributed by atoms with E-state index in [2.05, 4.69) is 29.1 Å². The zero-order chi connectivity index (χ0) is 14.7. The van der Waals surface area contributed by atoms with Crippen molar-refractivity contribution in [1.82, 2.24) is 14.8 Å². The molecular weight excluding hydrogens is 270 g/mol. The van der Waals surface area contributed by atoms with Crippen molar-refractivity contribution in [2.75, 3.05) is 20.1 Å². The highest BCUT2D eigenvalue weighted by molar-refractivity contribution is 7.09. The van der Waals surface area contributed by atoms with Crippen LogP contribution in [-0.4, -0.2) is 46.9 Å². The maximum Gasteiger partial charge on any atom is 0.237 e. The number of carbonyl (C=O) groups is 1. The van der Waals surface area contributed by atoms with E-state index in [1.54, 1.807) is 11.3 Å². The Morgan fingerprint density at radius 2 is 2.30 bits per heavy atom. The predicted molar refractivity (Wildman–Crippen MR) is 82.9 cm³/mol. The Hall–Kier alpha value is -0.940. The number of likely N-dealkylation sites (tertiary alicyclic amines) is 1. The van der Waals surface area contributed by atoms with E-state index in [9.17, 15) is 4.79 Å². The third-order valence-corrected chi connectivity index (χ3v) is 5.08. The minimum atomic E-state index is 0.190. The molecule has 20 heavy (non-hydrogen) atoms. The SMILES string of the molecule is Cc1csc([C@H]2CCCCN2C(=O)CN(C)C(C)C)n1. The van der Waals surface area contributed by atoms with Crippen LogP contribution in [0.3, 0.4) is 0 Å². The molecule has 1 aromatic heterocycles. The van der Waals surface area contributed by atoms with Crippen LogP contribution in [0.2, 0.25) is 0 Å². The normalized spacial score (nSPS) is 19.9. The minimum absolute atomic E-state index is 0.190. The second-order valence-corrected chi connectivity index (χ2v) is 6.82. The molecule has 2 heterocycles. The van der Waals surface area contributed by atoms with Gasteiger partial charge >= 0.3 is 0 Å². The van der Waals surface area contributed by atoms with Crippen LogP contribution in [0.5, 0.6) is 0 Å². The van der Waals surface area contributed by atoms with E-state index in [0.29, 0.717) is 12.6 Å². The average Bonchev–Trinajstić information content (AvgIpc) is 2.85. The molecule has 0 unspecified atom stereocenters. The van der Waals surface area contributed by atoms with E-state index in [0.717, 1.165) is 30.1 Å². The molecule has 0 N–H and O–H groups in total. The monoisotopic (exact) mass is 295 g/mol.